The van der Waals surface area contributed by atoms with Gasteiger partial charge in [0.15, 0.2) is 0 Å². The van der Waals surface area contributed by atoms with E-state index in [1.165, 1.54) is 16.9 Å². The van der Waals surface area contributed by atoms with Crippen LogP contribution in [0.3, 0.4) is 0 Å². The average Bonchev–Trinajstić information content (AvgIpc) is 2.30. The predicted octanol–water partition coefficient (Wildman–Crippen LogP) is 4.53. The van der Waals surface area contributed by atoms with E-state index in [0.29, 0.717) is 0 Å². The zero-order valence-corrected chi connectivity index (χ0v) is 11.0. The molecule has 0 aliphatic heterocycles. The number of para-hydroxylation sites is 1. The smallest absolute Gasteiger partial charge is 0.0437 e. The van der Waals surface area contributed by atoms with Gasteiger partial charge in [0.1, 0.15) is 0 Å². The third-order valence-corrected chi connectivity index (χ3v) is 3.22. The topological polar surface area (TPSA) is 3.24 Å². The van der Waals surface area contributed by atoms with Crippen molar-refractivity contribution in [3.05, 3.63) is 58.6 Å². The molecule has 16 heavy (non-hydrogen) atoms. The van der Waals surface area contributed by atoms with Gasteiger partial charge in [0, 0.05) is 22.9 Å². The molecule has 0 atom stereocenters. The SMILES string of the molecule is Cc1ccccc1N(C)c1ccc(Br)cc1. The predicted molar refractivity (Wildman–Crippen MR) is 73.4 cm³/mol. The lowest BCUT2D eigenvalue weighted by molar-refractivity contribution is 1.18. The molecule has 1 nitrogen and oxygen atoms in total. The summed E-state index contributed by atoms with van der Waals surface area (Å²) < 4.78 is 1.11. The first-order valence-electron chi connectivity index (χ1n) is 5.23. The highest BCUT2D eigenvalue weighted by atomic mass is 79.9. The summed E-state index contributed by atoms with van der Waals surface area (Å²) in [5.41, 5.74) is 3.72. The van der Waals surface area contributed by atoms with Gasteiger partial charge in [-0.1, -0.05) is 34.1 Å². The zero-order valence-electron chi connectivity index (χ0n) is 9.44. The van der Waals surface area contributed by atoms with Crippen molar-refractivity contribution in [3.63, 3.8) is 0 Å². The van der Waals surface area contributed by atoms with Crippen molar-refractivity contribution in [3.8, 4) is 0 Å². The number of rotatable bonds is 2. The second-order valence-electron chi connectivity index (χ2n) is 3.82. The molecule has 2 heteroatoms. The Balaban J connectivity index is 2.35. The fourth-order valence-corrected chi connectivity index (χ4v) is 2.01. The summed E-state index contributed by atoms with van der Waals surface area (Å²) in [4.78, 5) is 2.20. The van der Waals surface area contributed by atoms with Crippen molar-refractivity contribution in [2.75, 3.05) is 11.9 Å². The summed E-state index contributed by atoms with van der Waals surface area (Å²) in [6, 6.07) is 16.7. The summed E-state index contributed by atoms with van der Waals surface area (Å²) in [6.45, 7) is 2.13. The van der Waals surface area contributed by atoms with Crippen molar-refractivity contribution in [1.82, 2.24) is 0 Å². The van der Waals surface area contributed by atoms with Crippen LogP contribution in [0.1, 0.15) is 5.56 Å². The minimum absolute atomic E-state index is 1.11. The molecule has 0 spiro atoms. The highest BCUT2D eigenvalue weighted by Gasteiger charge is 2.05. The van der Waals surface area contributed by atoms with Gasteiger partial charge in [-0.25, -0.2) is 0 Å². The van der Waals surface area contributed by atoms with E-state index in [1.807, 2.05) is 0 Å². The van der Waals surface area contributed by atoms with Crippen LogP contribution in [-0.4, -0.2) is 7.05 Å². The first-order chi connectivity index (χ1) is 7.68. The van der Waals surface area contributed by atoms with Gasteiger partial charge >= 0.3 is 0 Å². The molecule has 0 fully saturated rings. The highest BCUT2D eigenvalue weighted by molar-refractivity contribution is 9.10. The second kappa shape index (κ2) is 4.71. The third-order valence-electron chi connectivity index (χ3n) is 2.69. The summed E-state index contributed by atoms with van der Waals surface area (Å²) in [5.74, 6) is 0. The molecule has 0 N–H and O–H groups in total. The molecule has 82 valence electrons. The molecule has 0 bridgehead atoms. The highest BCUT2D eigenvalue weighted by Crippen LogP contribution is 2.27. The minimum Gasteiger partial charge on any atom is -0.344 e. The molecule has 0 saturated carbocycles. The molecule has 2 aromatic carbocycles. The number of nitrogens with zero attached hydrogens (tertiary/aromatic N) is 1. The third kappa shape index (κ3) is 2.27. The summed E-state index contributed by atoms with van der Waals surface area (Å²) in [5, 5.41) is 0. The number of anilines is 2. The first-order valence-corrected chi connectivity index (χ1v) is 6.03. The molecule has 0 heterocycles. The standard InChI is InChI=1S/C14H14BrN/c1-11-5-3-4-6-14(11)16(2)13-9-7-12(15)8-10-13/h3-10H,1-2H3. The Hall–Kier alpha value is -1.28. The number of hydrogen-bond acceptors (Lipinski definition) is 1. The van der Waals surface area contributed by atoms with E-state index in [1.54, 1.807) is 0 Å². The van der Waals surface area contributed by atoms with Crippen LogP contribution in [-0.2, 0) is 0 Å². The van der Waals surface area contributed by atoms with E-state index in [2.05, 4.69) is 83.3 Å². The van der Waals surface area contributed by atoms with Crippen LogP contribution in [0.4, 0.5) is 11.4 Å². The Morgan fingerprint density at radius 1 is 0.938 bits per heavy atom. The Bertz CT molecular complexity index is 476. The zero-order chi connectivity index (χ0) is 11.5. The van der Waals surface area contributed by atoms with Crippen molar-refractivity contribution < 1.29 is 0 Å². The molecule has 2 rings (SSSR count). The Labute approximate surface area is 105 Å². The van der Waals surface area contributed by atoms with E-state index in [0.717, 1.165) is 4.47 Å². The van der Waals surface area contributed by atoms with Gasteiger partial charge < -0.3 is 4.90 Å². The number of aryl methyl sites for hydroxylation is 1. The van der Waals surface area contributed by atoms with Crippen LogP contribution >= 0.6 is 15.9 Å². The number of halogens is 1. The van der Waals surface area contributed by atoms with Gasteiger partial charge in [0.05, 0.1) is 0 Å². The number of hydrogen-bond donors (Lipinski definition) is 0. The maximum Gasteiger partial charge on any atom is 0.0437 e. The van der Waals surface area contributed by atoms with Crippen LogP contribution in [0, 0.1) is 6.92 Å². The van der Waals surface area contributed by atoms with Crippen LogP contribution in [0.5, 0.6) is 0 Å². The maximum absolute atomic E-state index is 3.45. The van der Waals surface area contributed by atoms with E-state index in [-0.39, 0.29) is 0 Å². The molecule has 0 aliphatic rings. The van der Waals surface area contributed by atoms with Crippen molar-refractivity contribution in [1.29, 1.82) is 0 Å². The molecule has 0 amide bonds. The largest absolute Gasteiger partial charge is 0.344 e. The van der Waals surface area contributed by atoms with Crippen molar-refractivity contribution >= 4 is 27.3 Å². The van der Waals surface area contributed by atoms with Gasteiger partial charge in [0.2, 0.25) is 0 Å². The Morgan fingerprint density at radius 3 is 2.19 bits per heavy atom. The fraction of sp³-hybridized carbons (Fsp3) is 0.143. The van der Waals surface area contributed by atoms with Gasteiger partial charge in [0.25, 0.3) is 0 Å². The van der Waals surface area contributed by atoms with Crippen molar-refractivity contribution in [2.24, 2.45) is 0 Å². The molecular formula is C14H14BrN. The van der Waals surface area contributed by atoms with Crippen LogP contribution in [0.15, 0.2) is 53.0 Å². The second-order valence-corrected chi connectivity index (χ2v) is 4.74. The van der Waals surface area contributed by atoms with Gasteiger partial charge in [-0.05, 0) is 42.8 Å². The summed E-state index contributed by atoms with van der Waals surface area (Å²) in [7, 11) is 2.09. The maximum atomic E-state index is 3.45. The van der Waals surface area contributed by atoms with E-state index in [9.17, 15) is 0 Å². The molecule has 2 aromatic rings. The fourth-order valence-electron chi connectivity index (χ4n) is 1.74. The average molecular weight is 276 g/mol. The minimum atomic E-state index is 1.11. The Morgan fingerprint density at radius 2 is 1.56 bits per heavy atom. The molecule has 0 unspecified atom stereocenters. The van der Waals surface area contributed by atoms with E-state index >= 15 is 0 Å². The van der Waals surface area contributed by atoms with Crippen LogP contribution in [0.25, 0.3) is 0 Å². The van der Waals surface area contributed by atoms with E-state index < -0.39 is 0 Å². The number of benzene rings is 2. The first kappa shape index (κ1) is 11.2. The molecule has 0 saturated heterocycles. The quantitative estimate of drug-likeness (QED) is 0.779. The van der Waals surface area contributed by atoms with Gasteiger partial charge in [-0.2, -0.15) is 0 Å². The lowest BCUT2D eigenvalue weighted by atomic mass is 10.1. The molecule has 0 radical (unpaired) electrons. The Kier molecular flexibility index (Phi) is 3.30. The van der Waals surface area contributed by atoms with Crippen molar-refractivity contribution in [2.45, 2.75) is 6.92 Å². The van der Waals surface area contributed by atoms with Crippen LogP contribution < -0.4 is 4.90 Å². The summed E-state index contributed by atoms with van der Waals surface area (Å²) in [6.07, 6.45) is 0. The summed E-state index contributed by atoms with van der Waals surface area (Å²) >= 11 is 3.45. The molecular weight excluding hydrogens is 262 g/mol. The lowest BCUT2D eigenvalue weighted by Crippen LogP contribution is -2.10. The van der Waals surface area contributed by atoms with Gasteiger partial charge in [-0.3, -0.25) is 0 Å². The normalized spacial score (nSPS) is 10.2. The lowest BCUT2D eigenvalue weighted by Gasteiger charge is -2.21. The van der Waals surface area contributed by atoms with E-state index in [4.69, 9.17) is 0 Å². The van der Waals surface area contributed by atoms with Crippen LogP contribution in [0.2, 0.25) is 0 Å². The molecule has 0 aromatic heterocycles. The monoisotopic (exact) mass is 275 g/mol. The van der Waals surface area contributed by atoms with Gasteiger partial charge in [-0.15, -0.1) is 0 Å². The molecule has 0 aliphatic carbocycles.